The summed E-state index contributed by atoms with van der Waals surface area (Å²) in [7, 11) is 0. The lowest BCUT2D eigenvalue weighted by Gasteiger charge is -2.07. The lowest BCUT2D eigenvalue weighted by Crippen LogP contribution is -1.99. The zero-order chi connectivity index (χ0) is 18.2. The summed E-state index contributed by atoms with van der Waals surface area (Å²) in [5, 5.41) is 0. The fourth-order valence-corrected chi connectivity index (χ4v) is 3.18. The smallest absolute Gasteiger partial charge is 0.180 e. The average Bonchev–Trinajstić information content (AvgIpc) is 3.09. The number of imidazole rings is 1. The van der Waals surface area contributed by atoms with Crippen LogP contribution in [0.15, 0.2) is 48.8 Å². The minimum absolute atomic E-state index is 0.744. The van der Waals surface area contributed by atoms with Crippen molar-refractivity contribution >= 4 is 11.3 Å². The maximum Gasteiger partial charge on any atom is 0.180 e. The van der Waals surface area contributed by atoms with E-state index in [9.17, 15) is 0 Å². The van der Waals surface area contributed by atoms with E-state index >= 15 is 0 Å². The second-order valence-corrected chi connectivity index (χ2v) is 6.82. The van der Waals surface area contributed by atoms with Gasteiger partial charge in [0, 0.05) is 23.6 Å². The summed E-state index contributed by atoms with van der Waals surface area (Å²) in [5.74, 6) is 0.841. The third-order valence-corrected chi connectivity index (χ3v) is 4.63. The molecule has 3 aromatic rings. The normalized spacial score (nSPS) is 11.1. The molecule has 0 amide bonds. The molecule has 0 saturated carbocycles. The number of unbranched alkanes of at least 4 members (excludes halogenated alkanes) is 6. The first-order valence-electron chi connectivity index (χ1n) is 9.74. The van der Waals surface area contributed by atoms with E-state index < -0.39 is 0 Å². The van der Waals surface area contributed by atoms with E-state index in [0.717, 1.165) is 41.4 Å². The Kier molecular flexibility index (Phi) is 6.53. The average molecular weight is 351 g/mol. The van der Waals surface area contributed by atoms with Crippen molar-refractivity contribution in [2.75, 3.05) is 12.3 Å². The predicted octanol–water partition coefficient (Wildman–Crippen LogP) is 5.71. The van der Waals surface area contributed by atoms with Crippen molar-refractivity contribution in [3.63, 3.8) is 0 Å². The maximum absolute atomic E-state index is 6.01. The number of hydrogen-bond donors (Lipinski definition) is 1. The topological polar surface area (TPSA) is 52.5 Å². The summed E-state index contributed by atoms with van der Waals surface area (Å²) < 4.78 is 8.02. The third-order valence-electron chi connectivity index (χ3n) is 4.63. The summed E-state index contributed by atoms with van der Waals surface area (Å²) in [6.45, 7) is 3.00. The number of nitrogen functional groups attached to an aromatic ring is 1. The quantitative estimate of drug-likeness (QED) is 0.376. The van der Waals surface area contributed by atoms with E-state index in [1.165, 1.54) is 38.5 Å². The molecule has 0 spiro atoms. The number of anilines is 1. The summed E-state index contributed by atoms with van der Waals surface area (Å²) in [4.78, 5) is 4.76. The standard InChI is InChI=1S/C22H29N3O/c1-2-3-4-5-6-7-8-15-26-21-13-10-14-25-17-20(24-22(21)25)18-11-9-12-19(23)16-18/h9-14,16-17H,2-8,15,23H2,1H3. The Hall–Kier alpha value is -2.49. The van der Waals surface area contributed by atoms with Gasteiger partial charge in [-0.15, -0.1) is 0 Å². The highest BCUT2D eigenvalue weighted by molar-refractivity contribution is 5.68. The van der Waals surface area contributed by atoms with Crippen LogP contribution in [-0.4, -0.2) is 16.0 Å². The van der Waals surface area contributed by atoms with Crippen molar-refractivity contribution in [1.29, 1.82) is 0 Å². The molecule has 0 aliphatic carbocycles. The molecule has 0 saturated heterocycles. The van der Waals surface area contributed by atoms with Crippen LogP contribution in [0.5, 0.6) is 5.75 Å². The number of ether oxygens (including phenoxy) is 1. The largest absolute Gasteiger partial charge is 0.490 e. The Morgan fingerprint density at radius 2 is 1.81 bits per heavy atom. The first kappa shape index (κ1) is 18.3. The molecule has 4 heteroatoms. The van der Waals surface area contributed by atoms with Crippen LogP contribution in [0.2, 0.25) is 0 Å². The number of rotatable bonds is 10. The van der Waals surface area contributed by atoms with Crippen LogP contribution in [0.4, 0.5) is 5.69 Å². The van der Waals surface area contributed by atoms with Crippen LogP contribution in [-0.2, 0) is 0 Å². The lowest BCUT2D eigenvalue weighted by molar-refractivity contribution is 0.306. The molecule has 0 fully saturated rings. The van der Waals surface area contributed by atoms with Crippen molar-refractivity contribution in [2.45, 2.75) is 51.9 Å². The van der Waals surface area contributed by atoms with Crippen molar-refractivity contribution < 1.29 is 4.74 Å². The zero-order valence-corrected chi connectivity index (χ0v) is 15.7. The number of nitrogens with two attached hydrogens (primary N) is 1. The van der Waals surface area contributed by atoms with Gasteiger partial charge in [-0.3, -0.25) is 0 Å². The van der Waals surface area contributed by atoms with Crippen molar-refractivity contribution in [2.24, 2.45) is 0 Å². The summed E-state index contributed by atoms with van der Waals surface area (Å²) in [6, 6.07) is 11.8. The molecule has 138 valence electrons. The van der Waals surface area contributed by atoms with Gasteiger partial charge in [0.25, 0.3) is 0 Å². The van der Waals surface area contributed by atoms with Gasteiger partial charge in [-0.1, -0.05) is 57.6 Å². The SMILES string of the molecule is CCCCCCCCCOc1cccn2cc(-c3cccc(N)c3)nc12. The van der Waals surface area contributed by atoms with Gasteiger partial charge in [-0.2, -0.15) is 0 Å². The number of pyridine rings is 1. The van der Waals surface area contributed by atoms with E-state index in [1.807, 2.05) is 53.2 Å². The van der Waals surface area contributed by atoms with Gasteiger partial charge in [0.15, 0.2) is 11.4 Å². The van der Waals surface area contributed by atoms with Gasteiger partial charge in [-0.05, 0) is 30.7 Å². The predicted molar refractivity (Wildman–Crippen MR) is 109 cm³/mol. The van der Waals surface area contributed by atoms with Crippen LogP contribution in [0.25, 0.3) is 16.9 Å². The van der Waals surface area contributed by atoms with Crippen LogP contribution < -0.4 is 10.5 Å². The molecule has 26 heavy (non-hydrogen) atoms. The molecule has 1 aromatic carbocycles. The van der Waals surface area contributed by atoms with Crippen molar-refractivity contribution in [3.05, 3.63) is 48.8 Å². The fraction of sp³-hybridized carbons (Fsp3) is 0.409. The maximum atomic E-state index is 6.01. The molecular formula is C22H29N3O. The molecular weight excluding hydrogens is 322 g/mol. The Morgan fingerprint density at radius 3 is 2.62 bits per heavy atom. The molecule has 3 rings (SSSR count). The van der Waals surface area contributed by atoms with E-state index in [-0.39, 0.29) is 0 Å². The number of nitrogens with zero attached hydrogens (tertiary/aromatic N) is 2. The van der Waals surface area contributed by atoms with E-state index in [4.69, 9.17) is 15.5 Å². The van der Waals surface area contributed by atoms with Gasteiger partial charge in [0.1, 0.15) is 0 Å². The second-order valence-electron chi connectivity index (χ2n) is 6.82. The molecule has 0 aliphatic rings. The minimum Gasteiger partial charge on any atom is -0.490 e. The first-order valence-corrected chi connectivity index (χ1v) is 9.74. The van der Waals surface area contributed by atoms with Gasteiger partial charge < -0.3 is 14.9 Å². The van der Waals surface area contributed by atoms with Crippen LogP contribution in [0.1, 0.15) is 51.9 Å². The fourth-order valence-electron chi connectivity index (χ4n) is 3.18. The Labute approximate surface area is 156 Å². The van der Waals surface area contributed by atoms with E-state index in [2.05, 4.69) is 6.92 Å². The Bertz CT molecular complexity index is 825. The van der Waals surface area contributed by atoms with Gasteiger partial charge in [0.05, 0.1) is 12.3 Å². The summed E-state index contributed by atoms with van der Waals surface area (Å²) in [6.07, 6.45) is 13.0. The lowest BCUT2D eigenvalue weighted by atomic mass is 10.1. The summed E-state index contributed by atoms with van der Waals surface area (Å²) in [5.41, 5.74) is 9.42. The number of fused-ring (bicyclic) bond motifs is 1. The van der Waals surface area contributed by atoms with Gasteiger partial charge >= 0.3 is 0 Å². The number of hydrogen-bond acceptors (Lipinski definition) is 3. The Morgan fingerprint density at radius 1 is 1.00 bits per heavy atom. The first-order chi connectivity index (χ1) is 12.8. The molecule has 0 radical (unpaired) electrons. The molecule has 2 aromatic heterocycles. The highest BCUT2D eigenvalue weighted by Crippen LogP contribution is 2.25. The van der Waals surface area contributed by atoms with Crippen molar-refractivity contribution in [3.8, 4) is 17.0 Å². The number of aromatic nitrogens is 2. The van der Waals surface area contributed by atoms with Crippen LogP contribution in [0, 0.1) is 0 Å². The second kappa shape index (κ2) is 9.27. The van der Waals surface area contributed by atoms with Crippen LogP contribution in [0.3, 0.4) is 0 Å². The highest BCUT2D eigenvalue weighted by Gasteiger charge is 2.09. The molecule has 0 atom stereocenters. The van der Waals surface area contributed by atoms with Gasteiger partial charge in [-0.25, -0.2) is 4.98 Å². The molecule has 0 unspecified atom stereocenters. The molecule has 0 bridgehead atoms. The Balaban J connectivity index is 1.59. The van der Waals surface area contributed by atoms with E-state index in [0.29, 0.717) is 0 Å². The van der Waals surface area contributed by atoms with E-state index in [1.54, 1.807) is 0 Å². The molecule has 2 heterocycles. The third kappa shape index (κ3) is 4.78. The molecule has 0 aliphatic heterocycles. The summed E-state index contributed by atoms with van der Waals surface area (Å²) >= 11 is 0. The zero-order valence-electron chi connectivity index (χ0n) is 15.7. The highest BCUT2D eigenvalue weighted by atomic mass is 16.5. The van der Waals surface area contributed by atoms with Gasteiger partial charge in [0.2, 0.25) is 0 Å². The van der Waals surface area contributed by atoms with Crippen LogP contribution >= 0.6 is 0 Å². The monoisotopic (exact) mass is 351 g/mol. The molecule has 4 nitrogen and oxygen atoms in total. The van der Waals surface area contributed by atoms with Crippen molar-refractivity contribution in [1.82, 2.24) is 9.38 Å². The number of benzene rings is 1. The molecule has 2 N–H and O–H groups in total. The minimum atomic E-state index is 0.744.